The third-order valence-corrected chi connectivity index (χ3v) is 2.73. The molecular weight excluding hydrogens is 253 g/mol. The van der Waals surface area contributed by atoms with E-state index >= 15 is 0 Å². The smallest absolute Gasteiger partial charge is 0.326 e. The van der Waals surface area contributed by atoms with Crippen LogP contribution in [0.2, 0.25) is 10.0 Å². The minimum Gasteiger partial charge on any atom is -0.480 e. The number of carboxylic acid groups (broad SMARTS) is 1. The number of carbonyl (C=O) groups excluding carboxylic acids is 1. The second-order valence-corrected chi connectivity index (χ2v) is 3.94. The van der Waals surface area contributed by atoms with E-state index in [1.165, 1.54) is 0 Å². The molecule has 0 aliphatic rings. The summed E-state index contributed by atoms with van der Waals surface area (Å²) in [4.78, 5) is 21.0. The molecule has 6 heteroatoms. The van der Waals surface area contributed by atoms with Crippen LogP contribution in [0.3, 0.4) is 0 Å². The van der Waals surface area contributed by atoms with E-state index in [1.807, 2.05) is 0 Å². The van der Waals surface area contributed by atoms with Crippen molar-refractivity contribution >= 4 is 35.6 Å². The number of amides is 1. The second-order valence-electron chi connectivity index (χ2n) is 3.13. The van der Waals surface area contributed by atoms with Crippen molar-refractivity contribution in [1.82, 2.24) is 5.32 Å². The van der Waals surface area contributed by atoms with Crippen LogP contribution in [-0.2, 0) is 16.0 Å². The minimum atomic E-state index is -1.10. The fourth-order valence-electron chi connectivity index (χ4n) is 1.20. The molecule has 0 radical (unpaired) electrons. The Balaban J connectivity index is 2.81. The molecule has 0 saturated heterocycles. The van der Waals surface area contributed by atoms with Crippen LogP contribution in [0.5, 0.6) is 0 Å². The van der Waals surface area contributed by atoms with Gasteiger partial charge in [0.05, 0.1) is 10.0 Å². The Morgan fingerprint density at radius 3 is 2.62 bits per heavy atom. The highest BCUT2D eigenvalue weighted by Gasteiger charge is 2.16. The van der Waals surface area contributed by atoms with Crippen molar-refractivity contribution in [1.29, 1.82) is 0 Å². The minimum absolute atomic E-state index is 0.158. The highest BCUT2D eigenvalue weighted by Crippen LogP contribution is 2.23. The van der Waals surface area contributed by atoms with Gasteiger partial charge in [0.15, 0.2) is 0 Å². The average molecular weight is 262 g/mol. The first-order valence-electron chi connectivity index (χ1n) is 4.41. The molecule has 1 amide bonds. The molecule has 4 nitrogen and oxygen atoms in total. The molecule has 0 fully saturated rings. The van der Waals surface area contributed by atoms with Gasteiger partial charge < -0.3 is 10.4 Å². The summed E-state index contributed by atoms with van der Waals surface area (Å²) in [5.74, 6) is -1.10. The Morgan fingerprint density at radius 2 is 2.12 bits per heavy atom. The van der Waals surface area contributed by atoms with Gasteiger partial charge in [-0.2, -0.15) is 0 Å². The third kappa shape index (κ3) is 3.40. The lowest BCUT2D eigenvalue weighted by molar-refractivity contribution is -0.140. The van der Waals surface area contributed by atoms with Crippen LogP contribution in [-0.4, -0.2) is 23.5 Å². The molecule has 1 aromatic rings. The monoisotopic (exact) mass is 261 g/mol. The average Bonchev–Trinajstić information content (AvgIpc) is 2.22. The van der Waals surface area contributed by atoms with Crippen molar-refractivity contribution in [3.8, 4) is 0 Å². The quantitative estimate of drug-likeness (QED) is 0.794. The zero-order valence-corrected chi connectivity index (χ0v) is 9.63. The van der Waals surface area contributed by atoms with E-state index in [2.05, 4.69) is 5.32 Å². The highest BCUT2D eigenvalue weighted by molar-refractivity contribution is 6.42. The van der Waals surface area contributed by atoms with Crippen LogP contribution in [0.1, 0.15) is 5.56 Å². The first kappa shape index (κ1) is 12.8. The number of carbonyl (C=O) groups is 2. The lowest BCUT2D eigenvalue weighted by atomic mass is 10.1. The van der Waals surface area contributed by atoms with Gasteiger partial charge >= 0.3 is 5.97 Å². The van der Waals surface area contributed by atoms with Gasteiger partial charge in [-0.05, 0) is 17.7 Å². The number of carboxylic acids is 1. The molecule has 0 aliphatic carbocycles. The van der Waals surface area contributed by atoms with Gasteiger partial charge in [0.25, 0.3) is 0 Å². The number of aliphatic carboxylic acids is 1. The molecule has 0 aromatic heterocycles. The largest absolute Gasteiger partial charge is 0.480 e. The number of benzene rings is 1. The predicted molar refractivity (Wildman–Crippen MR) is 60.8 cm³/mol. The first-order valence-corrected chi connectivity index (χ1v) is 5.16. The van der Waals surface area contributed by atoms with Gasteiger partial charge in [-0.1, -0.05) is 29.3 Å². The Morgan fingerprint density at radius 1 is 1.44 bits per heavy atom. The molecule has 0 bridgehead atoms. The molecule has 2 N–H and O–H groups in total. The standard InChI is InChI=1S/C10H9Cl2NO3/c11-7-2-1-6(3-8(7)12)4-9(10(15)16)13-5-14/h1-3,5,9H,4H2,(H,13,14)(H,15,16). The first-order chi connectivity index (χ1) is 7.54. The summed E-state index contributed by atoms with van der Waals surface area (Å²) in [6.07, 6.45) is 0.515. The van der Waals surface area contributed by atoms with Crippen LogP contribution in [0.4, 0.5) is 0 Å². The normalized spacial score (nSPS) is 11.9. The third-order valence-electron chi connectivity index (χ3n) is 1.99. The van der Waals surface area contributed by atoms with Crippen LogP contribution in [0.25, 0.3) is 0 Å². The molecule has 0 saturated carbocycles. The lowest BCUT2D eigenvalue weighted by Gasteiger charge is -2.11. The summed E-state index contributed by atoms with van der Waals surface area (Å²) < 4.78 is 0. The Kier molecular flexibility index (Phi) is 4.58. The van der Waals surface area contributed by atoms with E-state index in [0.717, 1.165) is 0 Å². The van der Waals surface area contributed by atoms with Crippen LogP contribution in [0.15, 0.2) is 18.2 Å². The van der Waals surface area contributed by atoms with Crippen molar-refractivity contribution in [2.24, 2.45) is 0 Å². The van der Waals surface area contributed by atoms with Gasteiger partial charge in [0.1, 0.15) is 6.04 Å². The summed E-state index contributed by atoms with van der Waals surface area (Å²) in [5.41, 5.74) is 0.691. The number of hydrogen-bond donors (Lipinski definition) is 2. The molecule has 1 unspecified atom stereocenters. The molecule has 0 spiro atoms. The van der Waals surface area contributed by atoms with E-state index in [9.17, 15) is 9.59 Å². The summed E-state index contributed by atoms with van der Waals surface area (Å²) in [5, 5.41) is 11.8. The van der Waals surface area contributed by atoms with Crippen molar-refractivity contribution in [3.05, 3.63) is 33.8 Å². The van der Waals surface area contributed by atoms with E-state index < -0.39 is 12.0 Å². The number of hydrogen-bond acceptors (Lipinski definition) is 2. The fraction of sp³-hybridized carbons (Fsp3) is 0.200. The van der Waals surface area contributed by atoms with Gasteiger partial charge in [0, 0.05) is 6.42 Å². The maximum Gasteiger partial charge on any atom is 0.326 e. The highest BCUT2D eigenvalue weighted by atomic mass is 35.5. The molecule has 1 atom stereocenters. The van der Waals surface area contributed by atoms with Crippen molar-refractivity contribution in [2.75, 3.05) is 0 Å². The van der Waals surface area contributed by atoms with Gasteiger partial charge in [-0.15, -0.1) is 0 Å². The van der Waals surface area contributed by atoms with E-state index in [1.54, 1.807) is 18.2 Å². The van der Waals surface area contributed by atoms with Gasteiger partial charge in [-0.25, -0.2) is 4.79 Å². The molecule has 1 rings (SSSR count). The summed E-state index contributed by atoms with van der Waals surface area (Å²) in [7, 11) is 0. The number of halogens is 2. The molecule has 86 valence electrons. The maximum absolute atomic E-state index is 10.8. The maximum atomic E-state index is 10.8. The molecule has 1 aromatic carbocycles. The predicted octanol–water partition coefficient (Wildman–Crippen LogP) is 1.74. The number of nitrogens with one attached hydrogen (secondary N) is 1. The zero-order valence-electron chi connectivity index (χ0n) is 8.11. The van der Waals surface area contributed by atoms with Gasteiger partial charge in [0.2, 0.25) is 6.41 Å². The van der Waals surface area contributed by atoms with Crippen LogP contribution < -0.4 is 5.32 Å². The summed E-state index contributed by atoms with van der Waals surface area (Å²) >= 11 is 11.5. The van der Waals surface area contributed by atoms with E-state index in [0.29, 0.717) is 22.0 Å². The molecular formula is C10H9Cl2NO3. The van der Waals surface area contributed by atoms with Crippen molar-refractivity contribution < 1.29 is 14.7 Å². The Bertz CT molecular complexity index is 409. The molecule has 0 heterocycles. The van der Waals surface area contributed by atoms with Crippen LogP contribution in [0, 0.1) is 0 Å². The summed E-state index contributed by atoms with van der Waals surface area (Å²) in [6, 6.07) is 3.86. The SMILES string of the molecule is O=CNC(Cc1ccc(Cl)c(Cl)c1)C(=O)O. The topological polar surface area (TPSA) is 66.4 Å². The van der Waals surface area contributed by atoms with Crippen LogP contribution >= 0.6 is 23.2 Å². The number of rotatable bonds is 5. The van der Waals surface area contributed by atoms with E-state index in [-0.39, 0.29) is 6.42 Å². The lowest BCUT2D eigenvalue weighted by Crippen LogP contribution is -2.37. The fourth-order valence-corrected chi connectivity index (χ4v) is 1.52. The molecule has 0 aliphatic heterocycles. The van der Waals surface area contributed by atoms with Crippen molar-refractivity contribution in [2.45, 2.75) is 12.5 Å². The molecule has 16 heavy (non-hydrogen) atoms. The zero-order chi connectivity index (χ0) is 12.1. The summed E-state index contributed by atoms with van der Waals surface area (Å²) in [6.45, 7) is 0. The van der Waals surface area contributed by atoms with Gasteiger partial charge in [-0.3, -0.25) is 4.79 Å². The Hall–Kier alpha value is -1.26. The van der Waals surface area contributed by atoms with Crippen molar-refractivity contribution in [3.63, 3.8) is 0 Å². The second kappa shape index (κ2) is 5.72. The Labute approximate surface area is 102 Å². The van der Waals surface area contributed by atoms with E-state index in [4.69, 9.17) is 28.3 Å².